The molecular weight excluding hydrogens is 247 g/mol. The predicted molar refractivity (Wildman–Crippen MR) is 48.5 cm³/mol. The Morgan fingerprint density at radius 3 is 2.41 bits per heavy atom. The van der Waals surface area contributed by atoms with Crippen molar-refractivity contribution in [3.05, 3.63) is 23.0 Å². The highest BCUT2D eigenvalue weighted by Crippen LogP contribution is 2.36. The van der Waals surface area contributed by atoms with Gasteiger partial charge in [-0.2, -0.15) is 0 Å². The molecular formula is C9H9F5N2O. The number of hydrogen-bond donors (Lipinski definition) is 1. The summed E-state index contributed by atoms with van der Waals surface area (Å²) in [6.45, 7) is 0.795. The Hall–Kier alpha value is -1.44. The summed E-state index contributed by atoms with van der Waals surface area (Å²) < 4.78 is 65.2. The van der Waals surface area contributed by atoms with Gasteiger partial charge in [-0.15, -0.1) is 13.2 Å². The van der Waals surface area contributed by atoms with Crippen LogP contribution in [0, 0.1) is 6.92 Å². The molecule has 17 heavy (non-hydrogen) atoms. The first-order chi connectivity index (χ1) is 7.76. The minimum atomic E-state index is -5.07. The van der Waals surface area contributed by atoms with E-state index >= 15 is 0 Å². The number of nitrogens with zero attached hydrogens (tertiary/aromatic N) is 1. The van der Waals surface area contributed by atoms with E-state index in [2.05, 4.69) is 9.72 Å². The van der Waals surface area contributed by atoms with Gasteiger partial charge in [0.05, 0.1) is 11.3 Å². The number of hydrogen-bond acceptors (Lipinski definition) is 3. The first-order valence-electron chi connectivity index (χ1n) is 4.48. The third kappa shape index (κ3) is 3.26. The van der Waals surface area contributed by atoms with Crippen LogP contribution < -0.4 is 10.5 Å². The molecule has 0 atom stereocenters. The van der Waals surface area contributed by atoms with E-state index in [9.17, 15) is 22.0 Å². The third-order valence-electron chi connectivity index (χ3n) is 1.97. The fourth-order valence-corrected chi connectivity index (χ4v) is 1.28. The Bertz CT molecular complexity index is 405. The lowest BCUT2D eigenvalue weighted by atomic mass is 10.1. The van der Waals surface area contributed by atoms with E-state index in [0.717, 1.165) is 6.20 Å². The van der Waals surface area contributed by atoms with Crippen LogP contribution in [0.15, 0.2) is 6.20 Å². The first kappa shape index (κ1) is 13.6. The van der Waals surface area contributed by atoms with Crippen LogP contribution >= 0.6 is 0 Å². The van der Waals surface area contributed by atoms with Crippen LogP contribution in [0.4, 0.5) is 22.0 Å². The highest BCUT2D eigenvalue weighted by atomic mass is 19.4. The number of pyridine rings is 1. The number of ether oxygens (including phenoxy) is 1. The van der Waals surface area contributed by atoms with Gasteiger partial charge in [-0.3, -0.25) is 4.98 Å². The summed E-state index contributed by atoms with van der Waals surface area (Å²) in [5.74, 6) is -1.00. The summed E-state index contributed by atoms with van der Waals surface area (Å²) in [6, 6.07) is 0. The highest BCUT2D eigenvalue weighted by Gasteiger charge is 2.35. The van der Waals surface area contributed by atoms with Crippen LogP contribution in [0.2, 0.25) is 0 Å². The Morgan fingerprint density at radius 2 is 2.00 bits per heavy atom. The summed E-state index contributed by atoms with van der Waals surface area (Å²) in [7, 11) is 0. The molecule has 0 radical (unpaired) electrons. The predicted octanol–water partition coefficient (Wildman–Crippen LogP) is 2.68. The average molecular weight is 256 g/mol. The zero-order valence-electron chi connectivity index (χ0n) is 8.68. The van der Waals surface area contributed by atoms with Gasteiger partial charge in [0.2, 0.25) is 0 Å². The molecule has 3 nitrogen and oxygen atoms in total. The monoisotopic (exact) mass is 256 g/mol. The number of nitrogens with two attached hydrogens (primary N) is 1. The van der Waals surface area contributed by atoms with Gasteiger partial charge in [0.1, 0.15) is 0 Å². The fraction of sp³-hybridized carbons (Fsp3) is 0.444. The molecule has 0 aromatic carbocycles. The number of halogens is 5. The summed E-state index contributed by atoms with van der Waals surface area (Å²) in [5, 5.41) is 0. The van der Waals surface area contributed by atoms with Gasteiger partial charge in [0.15, 0.2) is 5.75 Å². The number of rotatable bonds is 3. The second-order valence-corrected chi connectivity index (χ2v) is 3.18. The minimum absolute atomic E-state index is 0.0866. The SMILES string of the molecule is Cc1cnc(CN)c(OC(F)(F)F)c1C(F)F. The van der Waals surface area contributed by atoms with E-state index in [0.29, 0.717) is 0 Å². The van der Waals surface area contributed by atoms with Crippen LogP contribution in [0.25, 0.3) is 0 Å². The van der Waals surface area contributed by atoms with Gasteiger partial charge < -0.3 is 10.5 Å². The van der Waals surface area contributed by atoms with Crippen LogP contribution in [-0.2, 0) is 6.54 Å². The van der Waals surface area contributed by atoms with E-state index in [4.69, 9.17) is 5.73 Å². The van der Waals surface area contributed by atoms with Crippen molar-refractivity contribution in [1.82, 2.24) is 4.98 Å². The molecule has 0 saturated heterocycles. The van der Waals surface area contributed by atoms with Gasteiger partial charge in [-0.1, -0.05) is 0 Å². The molecule has 0 aliphatic rings. The fourth-order valence-electron chi connectivity index (χ4n) is 1.28. The summed E-state index contributed by atoms with van der Waals surface area (Å²) >= 11 is 0. The molecule has 1 aromatic heterocycles. The quantitative estimate of drug-likeness (QED) is 0.846. The van der Waals surface area contributed by atoms with Crippen LogP contribution in [0.5, 0.6) is 5.75 Å². The third-order valence-corrected chi connectivity index (χ3v) is 1.97. The van der Waals surface area contributed by atoms with Gasteiger partial charge in [0, 0.05) is 12.7 Å². The van der Waals surface area contributed by atoms with Gasteiger partial charge >= 0.3 is 6.36 Å². The van der Waals surface area contributed by atoms with E-state index in [1.165, 1.54) is 6.92 Å². The molecule has 0 unspecified atom stereocenters. The summed E-state index contributed by atoms with van der Waals surface area (Å²) in [4.78, 5) is 3.54. The molecule has 1 aromatic rings. The molecule has 0 bridgehead atoms. The topological polar surface area (TPSA) is 48.1 Å². The van der Waals surface area contributed by atoms with Crippen molar-refractivity contribution in [2.24, 2.45) is 5.73 Å². The highest BCUT2D eigenvalue weighted by molar-refractivity contribution is 5.42. The molecule has 0 amide bonds. The summed E-state index contributed by atoms with van der Waals surface area (Å²) in [5.41, 5.74) is 3.85. The smallest absolute Gasteiger partial charge is 0.403 e. The Balaban J connectivity index is 3.35. The van der Waals surface area contributed by atoms with Crippen LogP contribution in [0.1, 0.15) is 23.2 Å². The normalized spacial score (nSPS) is 12.0. The molecule has 0 aliphatic carbocycles. The van der Waals surface area contributed by atoms with Crippen molar-refractivity contribution < 1.29 is 26.7 Å². The number of aromatic nitrogens is 1. The zero-order chi connectivity index (χ0) is 13.2. The molecule has 1 rings (SSSR count). The Morgan fingerprint density at radius 1 is 1.41 bits per heavy atom. The van der Waals surface area contributed by atoms with Crippen molar-refractivity contribution in [2.75, 3.05) is 0 Å². The lowest BCUT2D eigenvalue weighted by Crippen LogP contribution is -2.21. The van der Waals surface area contributed by atoms with Crippen molar-refractivity contribution in [2.45, 2.75) is 26.3 Å². The van der Waals surface area contributed by atoms with Gasteiger partial charge in [-0.05, 0) is 12.5 Å². The van der Waals surface area contributed by atoms with E-state index in [1.54, 1.807) is 0 Å². The Labute approximate surface area is 93.4 Å². The second-order valence-electron chi connectivity index (χ2n) is 3.18. The zero-order valence-corrected chi connectivity index (χ0v) is 8.68. The second kappa shape index (κ2) is 4.82. The standard InChI is InChI=1S/C9H9F5N2O/c1-4-3-16-5(2-15)7(6(4)8(10)11)17-9(12,13)14/h3,8H,2,15H2,1H3. The molecule has 1 heterocycles. The van der Waals surface area contributed by atoms with Crippen LogP contribution in [-0.4, -0.2) is 11.3 Å². The van der Waals surface area contributed by atoms with E-state index in [-0.39, 0.29) is 11.3 Å². The van der Waals surface area contributed by atoms with Crippen molar-refractivity contribution in [1.29, 1.82) is 0 Å². The Kier molecular flexibility index (Phi) is 3.87. The van der Waals surface area contributed by atoms with Crippen molar-refractivity contribution >= 4 is 0 Å². The van der Waals surface area contributed by atoms with Crippen molar-refractivity contribution in [3.8, 4) is 5.75 Å². The lowest BCUT2D eigenvalue weighted by molar-refractivity contribution is -0.275. The average Bonchev–Trinajstić information content (AvgIpc) is 2.15. The molecule has 96 valence electrons. The minimum Gasteiger partial charge on any atom is -0.403 e. The molecule has 0 fully saturated rings. The molecule has 0 aliphatic heterocycles. The molecule has 0 saturated carbocycles. The largest absolute Gasteiger partial charge is 0.573 e. The maximum Gasteiger partial charge on any atom is 0.573 e. The lowest BCUT2D eigenvalue weighted by Gasteiger charge is -2.17. The van der Waals surface area contributed by atoms with Crippen LogP contribution in [0.3, 0.4) is 0 Å². The van der Waals surface area contributed by atoms with E-state index < -0.39 is 30.6 Å². The molecule has 0 spiro atoms. The van der Waals surface area contributed by atoms with Gasteiger partial charge in [0.25, 0.3) is 6.43 Å². The number of aryl methyl sites for hydroxylation is 1. The first-order valence-corrected chi connectivity index (χ1v) is 4.48. The maximum absolute atomic E-state index is 12.7. The molecule has 8 heteroatoms. The number of alkyl halides is 5. The van der Waals surface area contributed by atoms with E-state index in [1.807, 2.05) is 0 Å². The van der Waals surface area contributed by atoms with Gasteiger partial charge in [-0.25, -0.2) is 8.78 Å². The molecule has 2 N–H and O–H groups in total. The summed E-state index contributed by atoms with van der Waals surface area (Å²) in [6.07, 6.45) is -7.13. The maximum atomic E-state index is 12.7. The van der Waals surface area contributed by atoms with Crippen molar-refractivity contribution in [3.63, 3.8) is 0 Å².